The molecule has 0 saturated carbocycles. The van der Waals surface area contributed by atoms with Crippen molar-refractivity contribution in [1.82, 2.24) is 4.98 Å². The summed E-state index contributed by atoms with van der Waals surface area (Å²) >= 11 is 0. The van der Waals surface area contributed by atoms with E-state index in [4.69, 9.17) is 5.73 Å². The fourth-order valence-electron chi connectivity index (χ4n) is 1.18. The molecule has 3 heteroatoms. The van der Waals surface area contributed by atoms with Gasteiger partial charge in [-0.05, 0) is 6.07 Å². The predicted octanol–water partition coefficient (Wildman–Crippen LogP) is 1.84. The summed E-state index contributed by atoms with van der Waals surface area (Å²) in [6, 6.07) is 3.61. The van der Waals surface area contributed by atoms with Gasteiger partial charge in [0.05, 0.1) is 0 Å². The number of pyridine rings is 1. The second kappa shape index (κ2) is 5.07. The van der Waals surface area contributed by atoms with Crippen LogP contribution in [0.4, 0.5) is 11.5 Å². The number of rotatable bonds is 5. The molecule has 0 bridgehead atoms. The van der Waals surface area contributed by atoms with Gasteiger partial charge < -0.3 is 10.6 Å². The molecule has 0 aliphatic carbocycles. The minimum Gasteiger partial charge on any atom is -0.399 e. The third-order valence-electron chi connectivity index (χ3n) is 1.79. The van der Waals surface area contributed by atoms with Crippen LogP contribution in [0.25, 0.3) is 0 Å². The molecule has 74 valence electrons. The average Bonchev–Trinajstić information content (AvgIpc) is 2.17. The fourth-order valence-corrected chi connectivity index (χ4v) is 1.18. The van der Waals surface area contributed by atoms with Crippen LogP contribution in [-0.4, -0.2) is 18.1 Å². The Bertz CT molecular complexity index is 310. The van der Waals surface area contributed by atoms with Crippen LogP contribution in [-0.2, 0) is 0 Å². The number of nitrogen functional groups attached to an aromatic ring is 1. The Balaban J connectivity index is 2.85. The summed E-state index contributed by atoms with van der Waals surface area (Å²) in [5, 5.41) is 0. The van der Waals surface area contributed by atoms with Crippen LogP contribution >= 0.6 is 0 Å². The Morgan fingerprint density at radius 1 is 1.36 bits per heavy atom. The maximum absolute atomic E-state index is 5.67. The topological polar surface area (TPSA) is 42.1 Å². The molecule has 0 unspecified atom stereocenters. The minimum atomic E-state index is 0.716. The molecule has 2 N–H and O–H groups in total. The molecule has 0 fully saturated rings. The zero-order valence-corrected chi connectivity index (χ0v) is 8.19. The first-order valence-electron chi connectivity index (χ1n) is 4.46. The lowest BCUT2D eigenvalue weighted by Gasteiger charge is -2.20. The molecule has 0 radical (unpaired) electrons. The van der Waals surface area contributed by atoms with Crippen molar-refractivity contribution < 1.29 is 0 Å². The second-order valence-corrected chi connectivity index (χ2v) is 2.93. The van der Waals surface area contributed by atoms with E-state index < -0.39 is 0 Å². The molecule has 1 heterocycles. The van der Waals surface area contributed by atoms with Gasteiger partial charge in [-0.2, -0.15) is 0 Å². The number of nitrogens with two attached hydrogens (primary N) is 1. The van der Waals surface area contributed by atoms with Gasteiger partial charge in [0.1, 0.15) is 5.82 Å². The molecular weight excluding hydrogens is 174 g/mol. The first-order valence-corrected chi connectivity index (χ1v) is 4.46. The quantitative estimate of drug-likeness (QED) is 0.719. The highest BCUT2D eigenvalue weighted by molar-refractivity contribution is 5.50. The minimum absolute atomic E-state index is 0.716. The molecule has 1 rings (SSSR count). The van der Waals surface area contributed by atoms with Crippen LogP contribution in [0.1, 0.15) is 0 Å². The van der Waals surface area contributed by atoms with E-state index in [1.54, 1.807) is 12.3 Å². The van der Waals surface area contributed by atoms with E-state index in [1.807, 2.05) is 23.1 Å². The lowest BCUT2D eigenvalue weighted by atomic mass is 10.3. The third kappa shape index (κ3) is 2.62. The molecule has 0 saturated heterocycles. The number of anilines is 2. The zero-order chi connectivity index (χ0) is 10.4. The second-order valence-electron chi connectivity index (χ2n) is 2.93. The SMILES string of the molecule is C=CCN(CC=C)c1cc(N)ccn1. The van der Waals surface area contributed by atoms with Crippen LogP contribution in [0.5, 0.6) is 0 Å². The third-order valence-corrected chi connectivity index (χ3v) is 1.79. The van der Waals surface area contributed by atoms with Crippen molar-refractivity contribution in [2.45, 2.75) is 0 Å². The van der Waals surface area contributed by atoms with Crippen molar-refractivity contribution in [3.05, 3.63) is 43.6 Å². The van der Waals surface area contributed by atoms with Gasteiger partial charge in [0.25, 0.3) is 0 Å². The summed E-state index contributed by atoms with van der Waals surface area (Å²) in [5.41, 5.74) is 6.39. The smallest absolute Gasteiger partial charge is 0.131 e. The molecule has 0 amide bonds. The van der Waals surface area contributed by atoms with Crippen LogP contribution < -0.4 is 10.6 Å². The van der Waals surface area contributed by atoms with E-state index in [0.29, 0.717) is 5.69 Å². The van der Waals surface area contributed by atoms with Crippen molar-refractivity contribution in [3.63, 3.8) is 0 Å². The van der Waals surface area contributed by atoms with Crippen LogP contribution in [0, 0.1) is 0 Å². The number of aromatic nitrogens is 1. The van der Waals surface area contributed by atoms with E-state index >= 15 is 0 Å². The van der Waals surface area contributed by atoms with Crippen molar-refractivity contribution in [2.75, 3.05) is 23.7 Å². The molecule has 0 aromatic carbocycles. The highest BCUT2D eigenvalue weighted by Crippen LogP contribution is 2.13. The Labute approximate surface area is 84.6 Å². The van der Waals surface area contributed by atoms with E-state index in [2.05, 4.69) is 18.1 Å². The highest BCUT2D eigenvalue weighted by Gasteiger charge is 2.03. The lowest BCUT2D eigenvalue weighted by Crippen LogP contribution is -2.24. The first kappa shape index (κ1) is 10.3. The largest absolute Gasteiger partial charge is 0.399 e. The Morgan fingerprint density at radius 2 is 2.00 bits per heavy atom. The molecule has 1 aromatic heterocycles. The first-order chi connectivity index (χ1) is 6.77. The zero-order valence-electron chi connectivity index (χ0n) is 8.19. The lowest BCUT2D eigenvalue weighted by molar-refractivity contribution is 0.927. The Kier molecular flexibility index (Phi) is 3.73. The highest BCUT2D eigenvalue weighted by atomic mass is 15.2. The van der Waals surface area contributed by atoms with Gasteiger partial charge in [-0.3, -0.25) is 0 Å². The summed E-state index contributed by atoms with van der Waals surface area (Å²) < 4.78 is 0. The summed E-state index contributed by atoms with van der Waals surface area (Å²) in [7, 11) is 0. The van der Waals surface area contributed by atoms with E-state index in [9.17, 15) is 0 Å². The molecular formula is C11H15N3. The van der Waals surface area contributed by atoms with Gasteiger partial charge in [0.15, 0.2) is 0 Å². The van der Waals surface area contributed by atoms with Gasteiger partial charge >= 0.3 is 0 Å². The Morgan fingerprint density at radius 3 is 2.50 bits per heavy atom. The molecule has 1 aromatic rings. The van der Waals surface area contributed by atoms with Crippen molar-refractivity contribution in [1.29, 1.82) is 0 Å². The number of nitrogens with zero attached hydrogens (tertiary/aromatic N) is 2. The van der Waals surface area contributed by atoms with Crippen molar-refractivity contribution >= 4 is 11.5 Å². The molecule has 0 spiro atoms. The summed E-state index contributed by atoms with van der Waals surface area (Å²) in [4.78, 5) is 6.27. The van der Waals surface area contributed by atoms with Crippen LogP contribution in [0.3, 0.4) is 0 Å². The Hall–Kier alpha value is -1.77. The van der Waals surface area contributed by atoms with Gasteiger partial charge in [0, 0.05) is 31.0 Å². The molecule has 3 nitrogen and oxygen atoms in total. The summed E-state index contributed by atoms with van der Waals surface area (Å²) in [6.45, 7) is 8.87. The molecule has 14 heavy (non-hydrogen) atoms. The summed E-state index contributed by atoms with van der Waals surface area (Å²) in [5.74, 6) is 0.852. The van der Waals surface area contributed by atoms with E-state index in [-0.39, 0.29) is 0 Å². The van der Waals surface area contributed by atoms with Crippen LogP contribution in [0.2, 0.25) is 0 Å². The standard InChI is InChI=1S/C11H15N3/c1-3-7-14(8-4-2)11-9-10(12)5-6-13-11/h3-6,9H,1-2,7-8H2,(H2,12,13). The van der Waals surface area contributed by atoms with E-state index in [0.717, 1.165) is 18.9 Å². The molecule has 0 atom stereocenters. The van der Waals surface area contributed by atoms with Gasteiger partial charge in [-0.15, -0.1) is 13.2 Å². The normalized spacial score (nSPS) is 9.43. The van der Waals surface area contributed by atoms with Crippen molar-refractivity contribution in [3.8, 4) is 0 Å². The van der Waals surface area contributed by atoms with Gasteiger partial charge in [0.2, 0.25) is 0 Å². The van der Waals surface area contributed by atoms with Gasteiger partial charge in [-0.25, -0.2) is 4.98 Å². The predicted molar refractivity (Wildman–Crippen MR) is 61.3 cm³/mol. The van der Waals surface area contributed by atoms with Gasteiger partial charge in [-0.1, -0.05) is 12.2 Å². The van der Waals surface area contributed by atoms with Crippen molar-refractivity contribution in [2.24, 2.45) is 0 Å². The number of hydrogen-bond acceptors (Lipinski definition) is 3. The summed E-state index contributed by atoms with van der Waals surface area (Å²) in [6.07, 6.45) is 5.35. The monoisotopic (exact) mass is 189 g/mol. The van der Waals surface area contributed by atoms with Crippen LogP contribution in [0.15, 0.2) is 43.6 Å². The number of hydrogen-bond donors (Lipinski definition) is 1. The molecule has 0 aliphatic rings. The molecule has 0 aliphatic heterocycles. The van der Waals surface area contributed by atoms with E-state index in [1.165, 1.54) is 0 Å². The average molecular weight is 189 g/mol. The fraction of sp³-hybridized carbons (Fsp3) is 0.182. The maximum atomic E-state index is 5.67. The maximum Gasteiger partial charge on any atom is 0.131 e.